The van der Waals surface area contributed by atoms with Gasteiger partial charge in [-0.3, -0.25) is 4.99 Å². The molecule has 0 aliphatic carbocycles. The van der Waals surface area contributed by atoms with Crippen molar-refractivity contribution in [1.29, 1.82) is 0 Å². The minimum Gasteiger partial charge on any atom is -0.392 e. The lowest BCUT2D eigenvalue weighted by Gasteiger charge is -2.58. The van der Waals surface area contributed by atoms with Crippen LogP contribution in [0.3, 0.4) is 0 Å². The zero-order valence-electron chi connectivity index (χ0n) is 12.0. The van der Waals surface area contributed by atoms with Gasteiger partial charge in [-0.15, -0.1) is 0 Å². The summed E-state index contributed by atoms with van der Waals surface area (Å²) in [4.78, 5) is 3.96. The summed E-state index contributed by atoms with van der Waals surface area (Å²) in [6, 6.07) is 6.13. The van der Waals surface area contributed by atoms with Crippen molar-refractivity contribution in [2.75, 3.05) is 6.61 Å². The average Bonchev–Trinajstić information content (AvgIpc) is 2.90. The Morgan fingerprint density at radius 2 is 1.83 bits per heavy atom. The zero-order chi connectivity index (χ0) is 18.0. The molecule has 1 fully saturated rings. The molecule has 0 radical (unpaired) electrons. The van der Waals surface area contributed by atoms with Gasteiger partial charge in [-0.1, -0.05) is 29.8 Å². The molecule has 0 spiro atoms. The molecule has 24 heavy (non-hydrogen) atoms. The molecule has 0 saturated carbocycles. The van der Waals surface area contributed by atoms with Crippen LogP contribution >= 0.6 is 27.5 Å². The Bertz CT molecular complexity index is 703. The first kappa shape index (κ1) is 18.2. The predicted molar refractivity (Wildman–Crippen MR) is 86.1 cm³/mol. The molecule has 6 N–H and O–H groups in total. The van der Waals surface area contributed by atoms with Gasteiger partial charge in [0.2, 0.25) is 5.06 Å². The number of alkyl halides is 2. The first-order valence-corrected chi connectivity index (χ1v) is 8.07. The number of aliphatic imine (C=N–C) groups is 1. The fraction of sp³-hybridized carbons (Fsp3) is 0.500. The van der Waals surface area contributed by atoms with Gasteiger partial charge in [0.25, 0.3) is 0 Å². The first-order chi connectivity index (χ1) is 11.0. The van der Waals surface area contributed by atoms with Crippen LogP contribution in [0.15, 0.2) is 29.3 Å². The lowest BCUT2D eigenvalue weighted by atomic mass is 9.68. The number of ether oxygens (including phenoxy) is 1. The Morgan fingerprint density at radius 3 is 2.46 bits per heavy atom. The number of halogens is 2. The smallest absolute Gasteiger partial charge is 0.215 e. The van der Waals surface area contributed by atoms with Crippen molar-refractivity contribution in [3.05, 3.63) is 29.8 Å². The molecule has 8 nitrogen and oxygen atoms in total. The van der Waals surface area contributed by atoms with Crippen LogP contribution in [-0.4, -0.2) is 71.0 Å². The van der Waals surface area contributed by atoms with Crippen molar-refractivity contribution in [2.24, 2.45) is 4.99 Å². The van der Waals surface area contributed by atoms with E-state index in [0.29, 0.717) is 0 Å². The lowest BCUT2D eigenvalue weighted by molar-refractivity contribution is -0.369. The van der Waals surface area contributed by atoms with Crippen LogP contribution in [0, 0.1) is 0 Å². The third-order valence-corrected chi connectivity index (χ3v) is 6.33. The van der Waals surface area contributed by atoms with Crippen LogP contribution in [0.5, 0.6) is 0 Å². The number of benzene rings is 1. The number of hydrogen-bond donors (Lipinski definition) is 6. The van der Waals surface area contributed by atoms with Gasteiger partial charge in [0.1, 0.15) is 6.10 Å². The van der Waals surface area contributed by atoms with Crippen molar-refractivity contribution in [3.63, 3.8) is 0 Å². The van der Waals surface area contributed by atoms with Gasteiger partial charge >= 0.3 is 0 Å². The highest BCUT2D eigenvalue weighted by atomic mass is 79.9. The highest BCUT2D eigenvalue weighted by Gasteiger charge is 2.77. The Labute approximate surface area is 149 Å². The van der Waals surface area contributed by atoms with Crippen molar-refractivity contribution >= 4 is 39.4 Å². The minimum atomic E-state index is -3.00. The summed E-state index contributed by atoms with van der Waals surface area (Å²) >= 11 is 8.89. The Morgan fingerprint density at radius 1 is 1.21 bits per heavy atom. The first-order valence-electron chi connectivity index (χ1n) is 6.89. The molecule has 1 aromatic carbocycles. The van der Waals surface area contributed by atoms with Gasteiger partial charge < -0.3 is 35.4 Å². The monoisotopic (exact) mass is 423 g/mol. The summed E-state index contributed by atoms with van der Waals surface area (Å²) in [5.74, 6) is 0. The van der Waals surface area contributed by atoms with Gasteiger partial charge in [-0.05, 0) is 22.0 Å². The molecule has 10 heteroatoms. The summed E-state index contributed by atoms with van der Waals surface area (Å²) in [6.45, 7) is -0.992. The van der Waals surface area contributed by atoms with Crippen LogP contribution < -0.4 is 0 Å². The third-order valence-electron chi connectivity index (χ3n) is 4.50. The summed E-state index contributed by atoms with van der Waals surface area (Å²) in [5.41, 5.74) is -5.15. The van der Waals surface area contributed by atoms with E-state index in [2.05, 4.69) is 20.9 Å². The van der Waals surface area contributed by atoms with E-state index >= 15 is 0 Å². The molecular formula is C14H15BrClNO7. The summed E-state index contributed by atoms with van der Waals surface area (Å²) in [5, 5.41) is 59.8. The van der Waals surface area contributed by atoms with Gasteiger partial charge in [-0.2, -0.15) is 0 Å². The maximum Gasteiger partial charge on any atom is 0.215 e. The Hall–Kier alpha value is -0.620. The van der Waals surface area contributed by atoms with E-state index in [1.54, 1.807) is 12.1 Å². The molecule has 0 aromatic heterocycles. The molecule has 1 aromatic rings. The number of aliphatic hydroxyl groups excluding tert-OH is 3. The number of para-hydroxylation sites is 1. The van der Waals surface area contributed by atoms with Crippen molar-refractivity contribution in [3.8, 4) is 0 Å². The fourth-order valence-corrected chi connectivity index (χ4v) is 3.94. The lowest BCUT2D eigenvalue weighted by Crippen LogP contribution is -2.82. The van der Waals surface area contributed by atoms with Crippen molar-refractivity contribution < 1.29 is 35.4 Å². The molecule has 3 rings (SSSR count). The number of fused-ring (bicyclic) bond motifs is 1. The number of rotatable bonds is 2. The second-order valence-corrected chi connectivity index (χ2v) is 7.60. The molecular weight excluding hydrogens is 410 g/mol. The van der Waals surface area contributed by atoms with Crippen LogP contribution in [0.4, 0.5) is 5.69 Å². The summed E-state index contributed by atoms with van der Waals surface area (Å²) < 4.78 is 2.63. The van der Waals surface area contributed by atoms with Crippen molar-refractivity contribution in [2.45, 2.75) is 33.2 Å². The van der Waals surface area contributed by atoms with E-state index < -0.39 is 39.8 Å². The van der Waals surface area contributed by atoms with Crippen LogP contribution in [0.25, 0.3) is 0 Å². The maximum absolute atomic E-state index is 11.2. The van der Waals surface area contributed by atoms with E-state index in [4.69, 9.17) is 16.3 Å². The topological polar surface area (TPSA) is 143 Å². The van der Waals surface area contributed by atoms with Gasteiger partial charge in [0.05, 0.1) is 12.3 Å². The van der Waals surface area contributed by atoms with E-state index in [0.717, 1.165) is 6.21 Å². The number of nitrogens with zero attached hydrogens (tertiary/aromatic N) is 1. The molecule has 132 valence electrons. The van der Waals surface area contributed by atoms with E-state index in [-0.39, 0.29) is 11.3 Å². The fourth-order valence-electron chi connectivity index (χ4n) is 3.09. The minimum absolute atomic E-state index is 0.0486. The number of aliphatic hydroxyl groups is 6. The average molecular weight is 425 g/mol. The van der Waals surface area contributed by atoms with Crippen LogP contribution in [0.2, 0.25) is 0 Å². The second kappa shape index (κ2) is 5.44. The Balaban J connectivity index is 2.25. The Kier molecular flexibility index (Phi) is 4.12. The number of hydrogen-bond acceptors (Lipinski definition) is 8. The predicted octanol–water partition coefficient (Wildman–Crippen LogP) is -0.958. The molecule has 1 saturated heterocycles. The van der Waals surface area contributed by atoms with Crippen LogP contribution in [-0.2, 0) is 10.3 Å². The van der Waals surface area contributed by atoms with Crippen molar-refractivity contribution in [1.82, 2.24) is 0 Å². The second-order valence-electron chi connectivity index (χ2n) is 5.77. The molecule has 2 aliphatic rings. The standard InChI is InChI=1S/C14H15BrClNO7/c15-12(6-18)14(16,23)13(22,9(19)10(20)24-12)11(21)5-17-8-4-2-1-3-7(8)11/h1-5,9-10,18-23H,6H2/t9-,10+,11?,12-,13+,14-/m1/s1. The van der Waals surface area contributed by atoms with Crippen LogP contribution in [0.1, 0.15) is 5.56 Å². The third kappa shape index (κ3) is 1.96. The normalized spacial score (nSPS) is 47.7. The molecule has 0 bridgehead atoms. The molecule has 1 unspecified atom stereocenters. The summed E-state index contributed by atoms with van der Waals surface area (Å²) in [7, 11) is 0. The SMILES string of the molecule is OC[C@@]1(Br)O[C@H](O)[C@@H](O)[C@](O)(C2(O)C=Nc3ccccc32)[C@@]1(O)Cl. The van der Waals surface area contributed by atoms with Gasteiger partial charge in [-0.25, -0.2) is 0 Å². The quantitative estimate of drug-likeness (QED) is 0.336. The largest absolute Gasteiger partial charge is 0.392 e. The van der Waals surface area contributed by atoms with E-state index in [1.807, 2.05) is 0 Å². The van der Waals surface area contributed by atoms with Gasteiger partial charge in [0, 0.05) is 11.8 Å². The maximum atomic E-state index is 11.2. The van der Waals surface area contributed by atoms with Gasteiger partial charge in [0.15, 0.2) is 22.0 Å². The summed E-state index contributed by atoms with van der Waals surface area (Å²) in [6.07, 6.45) is -3.41. The highest BCUT2D eigenvalue weighted by Crippen LogP contribution is 2.57. The van der Waals surface area contributed by atoms with E-state index in [1.165, 1.54) is 12.1 Å². The zero-order valence-corrected chi connectivity index (χ0v) is 14.4. The van der Waals surface area contributed by atoms with E-state index in [9.17, 15) is 30.6 Å². The molecule has 2 heterocycles. The molecule has 2 aliphatic heterocycles. The molecule has 0 amide bonds. The molecule has 6 atom stereocenters. The highest BCUT2D eigenvalue weighted by molar-refractivity contribution is 9.10.